The van der Waals surface area contributed by atoms with E-state index in [0.29, 0.717) is 28.0 Å². The van der Waals surface area contributed by atoms with Crippen LogP contribution in [-0.4, -0.2) is 7.11 Å². The Morgan fingerprint density at radius 1 is 1.03 bits per heavy atom. The van der Waals surface area contributed by atoms with Crippen LogP contribution in [0.4, 0.5) is 5.69 Å². The minimum atomic E-state index is -0.787. The van der Waals surface area contributed by atoms with Gasteiger partial charge in [0.15, 0.2) is 5.75 Å². The number of nitrogen functional groups attached to an aromatic ring is 1. The number of methoxy groups -OCH3 is 1. The van der Waals surface area contributed by atoms with Gasteiger partial charge in [0.1, 0.15) is 23.0 Å². The van der Waals surface area contributed by atoms with E-state index < -0.39 is 11.5 Å². The monoisotopic (exact) mass is 467 g/mol. The molecule has 1 unspecified atom stereocenters. The van der Waals surface area contributed by atoms with Crippen LogP contribution >= 0.6 is 0 Å². The fourth-order valence-corrected chi connectivity index (χ4v) is 4.46. The first-order valence-corrected chi connectivity index (χ1v) is 10.6. The fourth-order valence-electron chi connectivity index (χ4n) is 4.46. The molecule has 1 atom stereocenters. The largest absolute Gasteiger partial charge is 0.496 e. The number of hydrogen-bond acceptors (Lipinski definition) is 7. The van der Waals surface area contributed by atoms with Gasteiger partial charge in [-0.3, -0.25) is 0 Å². The highest BCUT2D eigenvalue weighted by molar-refractivity contribution is 5.88. The topological polar surface area (TPSA) is 124 Å². The van der Waals surface area contributed by atoms with Crippen molar-refractivity contribution < 1.29 is 13.9 Å². The van der Waals surface area contributed by atoms with Gasteiger partial charge in [0.05, 0.1) is 24.0 Å². The number of nitrogens with zero attached hydrogens (tertiary/aromatic N) is 1. The third-order valence-electron chi connectivity index (χ3n) is 6.08. The number of anilines is 1. The minimum absolute atomic E-state index is 0. The zero-order chi connectivity index (χ0) is 24.0. The molecule has 2 heterocycles. The Labute approximate surface area is 202 Å². The van der Waals surface area contributed by atoms with Crippen molar-refractivity contribution in [3.63, 3.8) is 0 Å². The molecule has 0 bridgehead atoms. The molecule has 0 spiro atoms. The second kappa shape index (κ2) is 8.92. The van der Waals surface area contributed by atoms with Crippen LogP contribution in [0.5, 0.6) is 11.5 Å². The summed E-state index contributed by atoms with van der Waals surface area (Å²) in [5.41, 5.74) is 16.2. The summed E-state index contributed by atoms with van der Waals surface area (Å²) in [6, 6.07) is 20.5. The molecule has 1 aliphatic rings. The summed E-state index contributed by atoms with van der Waals surface area (Å²) >= 11 is 0. The number of aryl methyl sites for hydroxylation is 1. The number of hydrogen-bond donors (Lipinski definition) is 2. The lowest BCUT2D eigenvalue weighted by molar-refractivity contribution is 0.388. The first kappa shape index (κ1) is 23.5. The number of ether oxygens (including phenoxy) is 2. The van der Waals surface area contributed by atoms with Crippen molar-refractivity contribution in [1.29, 1.82) is 5.26 Å². The molecule has 4 aromatic rings. The summed E-state index contributed by atoms with van der Waals surface area (Å²) in [5.74, 6) is 0.0551. The first-order valence-electron chi connectivity index (χ1n) is 10.6. The van der Waals surface area contributed by atoms with Crippen molar-refractivity contribution in [3.8, 4) is 28.7 Å². The molecule has 0 fully saturated rings. The average Bonchev–Trinajstić information content (AvgIpc) is 2.84. The van der Waals surface area contributed by atoms with Crippen LogP contribution in [-0.2, 0) is 0 Å². The molecule has 0 aliphatic carbocycles. The van der Waals surface area contributed by atoms with Crippen molar-refractivity contribution in [2.75, 3.05) is 12.8 Å². The van der Waals surface area contributed by atoms with Crippen LogP contribution in [0.25, 0.3) is 22.1 Å². The number of benzene rings is 3. The van der Waals surface area contributed by atoms with Crippen molar-refractivity contribution in [2.45, 2.75) is 20.3 Å². The molecule has 1 aromatic heterocycles. The SMILES string of the molecule is C.COc1ccc(C2C(C#N)=C(N)Oc3c2c(=O)oc2ccc(N)cc32)cc1-c1ccccc1C. The second-order valence-electron chi connectivity index (χ2n) is 8.09. The summed E-state index contributed by atoms with van der Waals surface area (Å²) in [6.45, 7) is 2.01. The van der Waals surface area contributed by atoms with Gasteiger partial charge in [-0.1, -0.05) is 37.8 Å². The quantitative estimate of drug-likeness (QED) is 0.313. The van der Waals surface area contributed by atoms with E-state index >= 15 is 0 Å². The van der Waals surface area contributed by atoms with E-state index in [1.807, 2.05) is 49.4 Å². The standard InChI is InChI=1S/C27H21N3O4.CH4/c1-14-5-3-4-6-17(14)18-11-15(7-9-21(18)32-2)23-20(13-28)26(30)34-25-19-12-16(29)8-10-22(19)33-27(31)24(23)25;/h3-12,23H,29-30H2,1-2H3;1H4. The lowest BCUT2D eigenvalue weighted by Gasteiger charge is -2.26. The normalized spacial score (nSPS) is 14.5. The summed E-state index contributed by atoms with van der Waals surface area (Å²) in [5, 5.41) is 10.5. The predicted molar refractivity (Wildman–Crippen MR) is 136 cm³/mol. The molecule has 0 saturated carbocycles. The van der Waals surface area contributed by atoms with Gasteiger partial charge in [-0.05, 0) is 53.9 Å². The van der Waals surface area contributed by atoms with Crippen LogP contribution in [0.3, 0.4) is 0 Å². The second-order valence-corrected chi connectivity index (χ2v) is 8.09. The van der Waals surface area contributed by atoms with Crippen molar-refractivity contribution in [3.05, 3.63) is 99.2 Å². The molecule has 3 aromatic carbocycles. The van der Waals surface area contributed by atoms with Crippen LogP contribution in [0.1, 0.15) is 30.0 Å². The average molecular weight is 468 g/mol. The zero-order valence-corrected chi connectivity index (χ0v) is 18.6. The third-order valence-corrected chi connectivity index (χ3v) is 6.08. The van der Waals surface area contributed by atoms with E-state index in [9.17, 15) is 10.1 Å². The van der Waals surface area contributed by atoms with E-state index in [0.717, 1.165) is 16.7 Å². The molecule has 5 rings (SSSR count). The smallest absolute Gasteiger partial charge is 0.344 e. The van der Waals surface area contributed by atoms with Gasteiger partial charge in [0, 0.05) is 11.3 Å². The Balaban J connectivity index is 0.00000289. The highest BCUT2D eigenvalue weighted by Crippen LogP contribution is 2.45. The Hall–Kier alpha value is -4.70. The molecular formula is C28H25N3O4. The molecule has 0 radical (unpaired) electrons. The molecule has 4 N–H and O–H groups in total. The van der Waals surface area contributed by atoms with E-state index in [1.54, 1.807) is 25.3 Å². The summed E-state index contributed by atoms with van der Waals surface area (Å²) in [6.07, 6.45) is 0. The number of fused-ring (bicyclic) bond motifs is 3. The van der Waals surface area contributed by atoms with Gasteiger partial charge < -0.3 is 25.4 Å². The van der Waals surface area contributed by atoms with Gasteiger partial charge in [-0.2, -0.15) is 5.26 Å². The van der Waals surface area contributed by atoms with E-state index in [4.69, 9.17) is 25.4 Å². The predicted octanol–water partition coefficient (Wildman–Crippen LogP) is 5.21. The Kier molecular flexibility index (Phi) is 5.98. The van der Waals surface area contributed by atoms with Crippen LogP contribution in [0.15, 0.2) is 81.3 Å². The Morgan fingerprint density at radius 2 is 1.80 bits per heavy atom. The van der Waals surface area contributed by atoms with Crippen molar-refractivity contribution >= 4 is 16.7 Å². The minimum Gasteiger partial charge on any atom is -0.496 e. The Morgan fingerprint density at radius 3 is 2.51 bits per heavy atom. The van der Waals surface area contributed by atoms with E-state index in [1.165, 1.54) is 0 Å². The highest BCUT2D eigenvalue weighted by Gasteiger charge is 2.36. The molecule has 7 nitrogen and oxygen atoms in total. The first-order chi connectivity index (χ1) is 16.4. The maximum absolute atomic E-state index is 13.2. The van der Waals surface area contributed by atoms with Gasteiger partial charge in [-0.15, -0.1) is 0 Å². The molecule has 176 valence electrons. The van der Waals surface area contributed by atoms with Gasteiger partial charge in [0.25, 0.3) is 0 Å². The Bertz CT molecular complexity index is 1590. The number of nitriles is 1. The summed E-state index contributed by atoms with van der Waals surface area (Å²) < 4.78 is 17.0. The summed E-state index contributed by atoms with van der Waals surface area (Å²) in [4.78, 5) is 13.2. The van der Waals surface area contributed by atoms with Crippen molar-refractivity contribution in [1.82, 2.24) is 0 Å². The van der Waals surface area contributed by atoms with E-state index in [2.05, 4.69) is 6.07 Å². The summed E-state index contributed by atoms with van der Waals surface area (Å²) in [7, 11) is 1.60. The zero-order valence-electron chi connectivity index (χ0n) is 18.6. The van der Waals surface area contributed by atoms with Crippen LogP contribution in [0.2, 0.25) is 0 Å². The number of rotatable bonds is 3. The molecule has 1 aliphatic heterocycles. The third kappa shape index (κ3) is 3.75. The maximum Gasteiger partial charge on any atom is 0.344 e. The lowest BCUT2D eigenvalue weighted by atomic mass is 9.82. The van der Waals surface area contributed by atoms with Crippen LogP contribution < -0.4 is 26.6 Å². The highest BCUT2D eigenvalue weighted by atomic mass is 16.5. The van der Waals surface area contributed by atoms with E-state index in [-0.39, 0.29) is 30.2 Å². The van der Waals surface area contributed by atoms with Gasteiger partial charge >= 0.3 is 5.63 Å². The molecule has 0 amide bonds. The molecular weight excluding hydrogens is 442 g/mol. The van der Waals surface area contributed by atoms with Crippen LogP contribution in [0, 0.1) is 18.3 Å². The van der Waals surface area contributed by atoms with Gasteiger partial charge in [0.2, 0.25) is 5.88 Å². The molecule has 7 heteroatoms. The number of allylic oxidation sites excluding steroid dienone is 1. The molecule has 35 heavy (non-hydrogen) atoms. The fraction of sp³-hybridized carbons (Fsp3) is 0.143. The maximum atomic E-state index is 13.2. The lowest BCUT2D eigenvalue weighted by Crippen LogP contribution is -2.26. The number of nitrogens with two attached hydrogens (primary N) is 2. The molecule has 0 saturated heterocycles. The van der Waals surface area contributed by atoms with Crippen molar-refractivity contribution in [2.24, 2.45) is 5.73 Å². The van der Waals surface area contributed by atoms with Gasteiger partial charge in [-0.25, -0.2) is 4.79 Å².